The second-order valence-corrected chi connectivity index (χ2v) is 8.31. The van der Waals surface area contributed by atoms with Crippen LogP contribution in [-0.4, -0.2) is 4.98 Å². The molecule has 4 aromatic rings. The third-order valence-corrected chi connectivity index (χ3v) is 5.80. The lowest BCUT2D eigenvalue weighted by atomic mass is 10.00. The smallest absolute Gasteiger partial charge is 0.196 e. The van der Waals surface area contributed by atoms with Gasteiger partial charge in [0.25, 0.3) is 0 Å². The molecule has 7 heteroatoms. The number of pyridine rings is 1. The monoisotopic (exact) mass is 452 g/mol. The van der Waals surface area contributed by atoms with Crippen molar-refractivity contribution in [2.24, 2.45) is 5.14 Å². The van der Waals surface area contributed by atoms with E-state index in [4.69, 9.17) is 25.9 Å². The molecule has 0 aliphatic heterocycles. The molecule has 0 saturated heterocycles. The summed E-state index contributed by atoms with van der Waals surface area (Å²) in [5.74, 6) is 1.07. The molecule has 1 atom stereocenters. The van der Waals surface area contributed by atoms with Crippen LogP contribution in [0.1, 0.15) is 29.7 Å². The molecule has 1 unspecified atom stereocenters. The number of benzene rings is 2. The fraction of sp³-hybridized carbons (Fsp3) is 0.167. The molecule has 2 aromatic carbocycles. The Hall–Kier alpha value is -2.80. The summed E-state index contributed by atoms with van der Waals surface area (Å²) >= 11 is 6.93. The van der Waals surface area contributed by atoms with E-state index in [0.29, 0.717) is 38.2 Å². The third kappa shape index (κ3) is 4.19. The molecule has 4 rings (SSSR count). The van der Waals surface area contributed by atoms with Gasteiger partial charge in [0.1, 0.15) is 22.6 Å². The number of halogens is 1. The maximum atomic E-state index is 13.2. The van der Waals surface area contributed by atoms with Gasteiger partial charge < -0.3 is 9.15 Å². The highest BCUT2D eigenvalue weighted by molar-refractivity contribution is 7.97. The molecule has 0 radical (unpaired) electrons. The van der Waals surface area contributed by atoms with Crippen molar-refractivity contribution in [3.8, 4) is 17.1 Å². The second kappa shape index (κ2) is 8.75. The zero-order valence-electron chi connectivity index (χ0n) is 17.3. The molecule has 0 aliphatic carbocycles. The molecule has 158 valence electrons. The summed E-state index contributed by atoms with van der Waals surface area (Å²) in [6, 6.07) is 16.8. The van der Waals surface area contributed by atoms with Crippen LogP contribution in [0.3, 0.4) is 0 Å². The lowest BCUT2D eigenvalue weighted by Crippen LogP contribution is -2.11. The van der Waals surface area contributed by atoms with E-state index in [1.807, 2.05) is 56.3 Å². The molecular formula is C24H21ClN2O3S. The van der Waals surface area contributed by atoms with Gasteiger partial charge in [-0.2, -0.15) is 0 Å². The Balaban J connectivity index is 1.88. The number of aromatic nitrogens is 1. The first kappa shape index (κ1) is 21.4. The number of hydrogen-bond donors (Lipinski definition) is 1. The van der Waals surface area contributed by atoms with Crippen molar-refractivity contribution in [3.63, 3.8) is 0 Å². The standard InChI is InChI=1S/C24H21ClN2O3S/c1-13-11-17(15(3)29-19-9-10-20(25)27-24(19)31-26)23-18(12-13)21(28)14(2)22(30-23)16-7-5-4-6-8-16/h4-12,15H,26H2,1-3H3. The number of aryl methyl sites for hydroxylation is 1. The molecule has 0 fully saturated rings. The molecule has 0 spiro atoms. The minimum atomic E-state index is -0.425. The Kier molecular flexibility index (Phi) is 6.05. The van der Waals surface area contributed by atoms with Crippen LogP contribution in [0.25, 0.3) is 22.3 Å². The largest absolute Gasteiger partial charge is 0.483 e. The summed E-state index contributed by atoms with van der Waals surface area (Å²) in [7, 11) is 0. The average Bonchev–Trinajstić information content (AvgIpc) is 2.77. The summed E-state index contributed by atoms with van der Waals surface area (Å²) in [5, 5.41) is 7.08. The molecule has 5 nitrogen and oxygen atoms in total. The maximum Gasteiger partial charge on any atom is 0.196 e. The predicted molar refractivity (Wildman–Crippen MR) is 126 cm³/mol. The van der Waals surface area contributed by atoms with E-state index in [9.17, 15) is 4.79 Å². The van der Waals surface area contributed by atoms with Crippen molar-refractivity contribution in [2.75, 3.05) is 0 Å². The van der Waals surface area contributed by atoms with Crippen molar-refractivity contribution in [1.29, 1.82) is 0 Å². The fourth-order valence-electron chi connectivity index (χ4n) is 3.57. The van der Waals surface area contributed by atoms with Gasteiger partial charge in [-0.3, -0.25) is 9.93 Å². The van der Waals surface area contributed by atoms with Crippen LogP contribution in [0.4, 0.5) is 0 Å². The van der Waals surface area contributed by atoms with E-state index >= 15 is 0 Å². The Morgan fingerprint density at radius 3 is 2.58 bits per heavy atom. The maximum absolute atomic E-state index is 13.2. The van der Waals surface area contributed by atoms with Gasteiger partial charge in [0.15, 0.2) is 16.2 Å². The van der Waals surface area contributed by atoms with E-state index in [1.54, 1.807) is 19.1 Å². The van der Waals surface area contributed by atoms with Gasteiger partial charge >= 0.3 is 0 Å². The van der Waals surface area contributed by atoms with Gasteiger partial charge in [0.2, 0.25) is 0 Å². The molecule has 0 saturated carbocycles. The second-order valence-electron chi connectivity index (χ2n) is 7.30. The first-order chi connectivity index (χ1) is 14.9. The molecule has 0 bridgehead atoms. The van der Waals surface area contributed by atoms with Crippen LogP contribution in [0, 0.1) is 13.8 Å². The first-order valence-corrected chi connectivity index (χ1v) is 11.0. The minimum absolute atomic E-state index is 0.0522. The van der Waals surface area contributed by atoms with Crippen molar-refractivity contribution in [3.05, 3.63) is 86.7 Å². The van der Waals surface area contributed by atoms with E-state index in [0.717, 1.165) is 28.6 Å². The van der Waals surface area contributed by atoms with Crippen LogP contribution in [0.5, 0.6) is 5.75 Å². The van der Waals surface area contributed by atoms with Crippen LogP contribution < -0.4 is 15.3 Å². The van der Waals surface area contributed by atoms with Crippen LogP contribution in [-0.2, 0) is 0 Å². The number of nitrogens with two attached hydrogens (primary N) is 1. The summed E-state index contributed by atoms with van der Waals surface area (Å²) in [5.41, 5.74) is 3.60. The van der Waals surface area contributed by atoms with Gasteiger partial charge in [0, 0.05) is 16.7 Å². The zero-order chi connectivity index (χ0) is 22.1. The highest BCUT2D eigenvalue weighted by atomic mass is 35.5. The van der Waals surface area contributed by atoms with Crippen molar-refractivity contribution in [2.45, 2.75) is 31.9 Å². The van der Waals surface area contributed by atoms with Crippen molar-refractivity contribution < 1.29 is 9.15 Å². The number of rotatable bonds is 5. The summed E-state index contributed by atoms with van der Waals surface area (Å²) in [6.45, 7) is 5.63. The fourth-order valence-corrected chi connectivity index (χ4v) is 4.15. The quantitative estimate of drug-likeness (QED) is 0.285. The number of hydrogen-bond acceptors (Lipinski definition) is 6. The topological polar surface area (TPSA) is 78.3 Å². The van der Waals surface area contributed by atoms with Gasteiger partial charge in [-0.05, 0) is 62.5 Å². The number of ether oxygens (including phenoxy) is 1. The SMILES string of the molecule is Cc1cc(C(C)Oc2ccc(Cl)nc2SN)c2oc(-c3ccccc3)c(C)c(=O)c2c1. The molecule has 31 heavy (non-hydrogen) atoms. The zero-order valence-corrected chi connectivity index (χ0v) is 18.9. The molecule has 2 heterocycles. The van der Waals surface area contributed by atoms with E-state index in [2.05, 4.69) is 4.98 Å². The highest BCUT2D eigenvalue weighted by Gasteiger charge is 2.20. The predicted octanol–water partition coefficient (Wildman–Crippen LogP) is 6.23. The summed E-state index contributed by atoms with van der Waals surface area (Å²) in [4.78, 5) is 17.4. The van der Waals surface area contributed by atoms with Crippen molar-refractivity contribution in [1.82, 2.24) is 4.98 Å². The minimum Gasteiger partial charge on any atom is -0.483 e. The molecular weight excluding hydrogens is 432 g/mol. The Morgan fingerprint density at radius 2 is 1.87 bits per heavy atom. The average molecular weight is 453 g/mol. The van der Waals surface area contributed by atoms with E-state index in [-0.39, 0.29) is 5.43 Å². The Labute approximate surface area is 189 Å². The highest BCUT2D eigenvalue weighted by Crippen LogP contribution is 2.34. The molecule has 2 N–H and O–H groups in total. The Morgan fingerprint density at radius 1 is 1.13 bits per heavy atom. The lowest BCUT2D eigenvalue weighted by molar-refractivity contribution is 0.219. The van der Waals surface area contributed by atoms with Crippen molar-refractivity contribution >= 4 is 34.5 Å². The van der Waals surface area contributed by atoms with Crippen LogP contribution in [0.2, 0.25) is 5.15 Å². The van der Waals surface area contributed by atoms with Gasteiger partial charge in [-0.1, -0.05) is 41.9 Å². The summed E-state index contributed by atoms with van der Waals surface area (Å²) < 4.78 is 12.5. The van der Waals surface area contributed by atoms with Crippen LogP contribution >= 0.6 is 23.5 Å². The van der Waals surface area contributed by atoms with E-state index in [1.165, 1.54) is 0 Å². The van der Waals surface area contributed by atoms with Crippen LogP contribution in [0.15, 0.2) is 68.8 Å². The molecule has 0 aliphatic rings. The van der Waals surface area contributed by atoms with Gasteiger partial charge in [0.05, 0.1) is 5.39 Å². The van der Waals surface area contributed by atoms with E-state index < -0.39 is 6.10 Å². The number of fused-ring (bicyclic) bond motifs is 1. The third-order valence-electron chi connectivity index (χ3n) is 5.07. The number of nitrogens with zero attached hydrogens (tertiary/aromatic N) is 1. The first-order valence-electron chi connectivity index (χ1n) is 9.72. The Bertz CT molecular complexity index is 1320. The normalized spacial score (nSPS) is 12.2. The lowest BCUT2D eigenvalue weighted by Gasteiger charge is -2.19. The molecule has 2 aromatic heterocycles. The van der Waals surface area contributed by atoms with Gasteiger partial charge in [-0.15, -0.1) is 0 Å². The van der Waals surface area contributed by atoms with Gasteiger partial charge in [-0.25, -0.2) is 4.98 Å². The summed E-state index contributed by atoms with van der Waals surface area (Å²) in [6.07, 6.45) is -0.425. The molecule has 0 amide bonds.